The van der Waals surface area contributed by atoms with E-state index >= 15 is 0 Å². The standard InChI is InChI=1S/C15H11N3OS/c1-8-14(19)13-9(7-16-18(13)2)12-15(8)20-11-6-4-3-5-10(11)17-12/h3-7H,1-2H3. The number of fused-ring (bicyclic) bond motifs is 4. The molecule has 20 heavy (non-hydrogen) atoms. The van der Waals surface area contributed by atoms with Gasteiger partial charge in [0.15, 0.2) is 0 Å². The molecule has 0 saturated heterocycles. The average Bonchev–Trinajstić information content (AvgIpc) is 2.85. The summed E-state index contributed by atoms with van der Waals surface area (Å²) in [5.74, 6) is 0. The van der Waals surface area contributed by atoms with Gasteiger partial charge in [0, 0.05) is 12.6 Å². The highest BCUT2D eigenvalue weighted by Gasteiger charge is 2.20. The summed E-state index contributed by atoms with van der Waals surface area (Å²) in [4.78, 5) is 18.2. The number of hydrogen-bond acceptors (Lipinski definition) is 4. The normalized spacial score (nSPS) is 11.7. The van der Waals surface area contributed by atoms with Crippen LogP contribution in [0.1, 0.15) is 5.56 Å². The highest BCUT2D eigenvalue weighted by molar-refractivity contribution is 7.21. The predicted molar refractivity (Wildman–Crippen MR) is 81.5 cm³/mol. The highest BCUT2D eigenvalue weighted by Crippen LogP contribution is 2.36. The molecule has 2 aromatic rings. The molecular formula is C15H11N3OS. The van der Waals surface area contributed by atoms with Gasteiger partial charge in [-0.25, -0.2) is 4.98 Å². The number of para-hydroxylation sites is 1. The largest absolute Gasteiger partial charge is 0.287 e. The lowest BCUT2D eigenvalue weighted by atomic mass is 10.1. The molecule has 0 bridgehead atoms. The summed E-state index contributed by atoms with van der Waals surface area (Å²) in [5, 5.41) is 5.04. The van der Waals surface area contributed by atoms with Crippen LogP contribution in [0.3, 0.4) is 0 Å². The van der Waals surface area contributed by atoms with Gasteiger partial charge < -0.3 is 0 Å². The first kappa shape index (κ1) is 11.5. The van der Waals surface area contributed by atoms with Crippen molar-refractivity contribution >= 4 is 32.5 Å². The second-order valence-electron chi connectivity index (χ2n) is 4.84. The lowest BCUT2D eigenvalue weighted by molar-refractivity contribution is 0.794. The monoisotopic (exact) mass is 281 g/mol. The van der Waals surface area contributed by atoms with Gasteiger partial charge in [-0.1, -0.05) is 12.1 Å². The first-order chi connectivity index (χ1) is 9.66. The second-order valence-corrected chi connectivity index (χ2v) is 5.90. The van der Waals surface area contributed by atoms with Crippen molar-refractivity contribution in [3.05, 3.63) is 46.2 Å². The Morgan fingerprint density at radius 1 is 1.25 bits per heavy atom. The van der Waals surface area contributed by atoms with Crippen LogP contribution in [0.4, 0.5) is 0 Å². The molecule has 0 N–H and O–H groups in total. The lowest BCUT2D eigenvalue weighted by Crippen LogP contribution is -2.11. The van der Waals surface area contributed by atoms with E-state index in [4.69, 9.17) is 4.98 Å². The zero-order chi connectivity index (χ0) is 13.9. The highest BCUT2D eigenvalue weighted by atomic mass is 32.1. The fourth-order valence-corrected chi connectivity index (χ4v) is 3.65. The molecule has 2 aliphatic rings. The Balaban J connectivity index is 2.34. The van der Waals surface area contributed by atoms with Gasteiger partial charge in [0.2, 0.25) is 5.43 Å². The lowest BCUT2D eigenvalue weighted by Gasteiger charge is -2.10. The molecule has 5 heteroatoms. The van der Waals surface area contributed by atoms with E-state index in [9.17, 15) is 4.79 Å². The van der Waals surface area contributed by atoms with E-state index in [0.29, 0.717) is 5.52 Å². The van der Waals surface area contributed by atoms with Gasteiger partial charge >= 0.3 is 0 Å². The van der Waals surface area contributed by atoms with Crippen molar-refractivity contribution in [3.63, 3.8) is 0 Å². The van der Waals surface area contributed by atoms with E-state index in [1.807, 2.05) is 31.2 Å². The van der Waals surface area contributed by atoms with Crippen LogP contribution in [-0.2, 0) is 7.05 Å². The molecule has 0 unspecified atom stereocenters. The molecule has 98 valence electrons. The number of rotatable bonds is 0. The number of aryl methyl sites for hydroxylation is 1. The molecule has 1 aliphatic heterocycles. The first-order valence-electron chi connectivity index (χ1n) is 6.30. The predicted octanol–water partition coefficient (Wildman–Crippen LogP) is 2.96. The summed E-state index contributed by atoms with van der Waals surface area (Å²) in [7, 11) is 1.79. The van der Waals surface area contributed by atoms with Crippen molar-refractivity contribution in [2.75, 3.05) is 0 Å². The summed E-state index contributed by atoms with van der Waals surface area (Å²) < 4.78 is 2.72. The molecule has 0 fully saturated rings. The van der Waals surface area contributed by atoms with Gasteiger partial charge in [-0.15, -0.1) is 11.3 Å². The Morgan fingerprint density at radius 2 is 2.05 bits per heavy atom. The minimum Gasteiger partial charge on any atom is -0.287 e. The minimum absolute atomic E-state index is 0.0424. The summed E-state index contributed by atoms with van der Waals surface area (Å²) in [6.45, 7) is 1.87. The molecule has 0 atom stereocenters. The molecule has 0 amide bonds. The van der Waals surface area contributed by atoms with Crippen molar-refractivity contribution in [2.45, 2.75) is 6.92 Å². The van der Waals surface area contributed by atoms with E-state index in [0.717, 1.165) is 31.7 Å². The van der Waals surface area contributed by atoms with Crippen LogP contribution >= 0.6 is 11.3 Å². The number of benzene rings is 2. The van der Waals surface area contributed by atoms with Crippen LogP contribution in [0, 0.1) is 6.92 Å². The van der Waals surface area contributed by atoms with E-state index < -0.39 is 0 Å². The maximum absolute atomic E-state index is 12.5. The summed E-state index contributed by atoms with van der Waals surface area (Å²) in [6.07, 6.45) is 1.73. The zero-order valence-corrected chi connectivity index (χ0v) is 11.9. The molecule has 1 aromatic heterocycles. The summed E-state index contributed by atoms with van der Waals surface area (Å²) in [5.41, 5.74) is 3.24. The maximum atomic E-state index is 12.5. The van der Waals surface area contributed by atoms with E-state index in [2.05, 4.69) is 5.10 Å². The molecule has 4 rings (SSSR count). The quantitative estimate of drug-likeness (QED) is 0.466. The molecule has 1 aromatic carbocycles. The van der Waals surface area contributed by atoms with E-state index in [1.165, 1.54) is 0 Å². The smallest absolute Gasteiger partial charge is 0.208 e. The summed E-state index contributed by atoms with van der Waals surface area (Å²) >= 11 is 1.62. The Morgan fingerprint density at radius 3 is 2.90 bits per heavy atom. The second kappa shape index (κ2) is 3.86. The van der Waals surface area contributed by atoms with Gasteiger partial charge in [-0.05, 0) is 19.1 Å². The van der Waals surface area contributed by atoms with E-state index in [-0.39, 0.29) is 5.43 Å². The zero-order valence-electron chi connectivity index (χ0n) is 11.0. The Bertz CT molecular complexity index is 999. The number of nitrogens with zero attached hydrogens (tertiary/aromatic N) is 3. The van der Waals surface area contributed by atoms with Crippen molar-refractivity contribution in [1.29, 1.82) is 0 Å². The van der Waals surface area contributed by atoms with Gasteiger partial charge in [-0.2, -0.15) is 5.10 Å². The van der Waals surface area contributed by atoms with E-state index in [1.54, 1.807) is 29.3 Å². The molecule has 0 radical (unpaired) electrons. The Hall–Kier alpha value is -2.27. The molecular weight excluding hydrogens is 270 g/mol. The molecule has 0 spiro atoms. The van der Waals surface area contributed by atoms with Crippen LogP contribution in [0.5, 0.6) is 0 Å². The third kappa shape index (κ3) is 1.38. The van der Waals surface area contributed by atoms with Crippen molar-refractivity contribution < 1.29 is 0 Å². The molecule has 1 aliphatic carbocycles. The van der Waals surface area contributed by atoms with Crippen LogP contribution in [0.15, 0.2) is 35.3 Å². The van der Waals surface area contributed by atoms with Crippen molar-refractivity contribution in [2.24, 2.45) is 7.05 Å². The minimum atomic E-state index is 0.0424. The SMILES string of the molecule is Cc1c2sc3ccccc3nc-2c2cnn(C)c2c1=O. The molecule has 0 saturated carbocycles. The third-order valence-electron chi connectivity index (χ3n) is 3.61. The average molecular weight is 281 g/mol. The van der Waals surface area contributed by atoms with Gasteiger partial charge in [0.25, 0.3) is 0 Å². The van der Waals surface area contributed by atoms with Crippen molar-refractivity contribution in [1.82, 2.24) is 14.8 Å². The van der Waals surface area contributed by atoms with Crippen molar-refractivity contribution in [3.8, 4) is 10.6 Å². The van der Waals surface area contributed by atoms with Crippen LogP contribution in [0.25, 0.3) is 31.7 Å². The Kier molecular flexibility index (Phi) is 2.23. The first-order valence-corrected chi connectivity index (χ1v) is 7.12. The van der Waals surface area contributed by atoms with Crippen LogP contribution < -0.4 is 5.43 Å². The fraction of sp³-hybridized carbons (Fsp3) is 0.133. The van der Waals surface area contributed by atoms with Crippen LogP contribution in [-0.4, -0.2) is 14.8 Å². The van der Waals surface area contributed by atoms with Gasteiger partial charge in [0.05, 0.1) is 32.4 Å². The topological polar surface area (TPSA) is 47.8 Å². The fourth-order valence-electron chi connectivity index (χ4n) is 2.56. The number of hydrogen-bond donors (Lipinski definition) is 0. The molecule has 2 heterocycles. The van der Waals surface area contributed by atoms with Crippen LogP contribution in [0.2, 0.25) is 0 Å². The number of aromatic nitrogens is 3. The Labute approximate surface area is 118 Å². The van der Waals surface area contributed by atoms with Gasteiger partial charge in [-0.3, -0.25) is 9.48 Å². The maximum Gasteiger partial charge on any atom is 0.208 e. The summed E-state index contributed by atoms with van der Waals surface area (Å²) in [6, 6.07) is 7.99. The third-order valence-corrected chi connectivity index (χ3v) is 4.88. The van der Waals surface area contributed by atoms with Gasteiger partial charge in [0.1, 0.15) is 5.52 Å². The molecule has 4 nitrogen and oxygen atoms in total.